The highest BCUT2D eigenvalue weighted by Gasteiger charge is 2.48. The first-order chi connectivity index (χ1) is 13.1. The number of hydrogen-bond acceptors (Lipinski definition) is 4. The molecule has 0 bridgehead atoms. The number of piperidine rings is 1. The summed E-state index contributed by atoms with van der Waals surface area (Å²) in [7, 11) is 0. The van der Waals surface area contributed by atoms with Crippen molar-refractivity contribution < 1.29 is 14.4 Å². The highest BCUT2D eigenvalue weighted by Crippen LogP contribution is 2.45. The zero-order chi connectivity index (χ0) is 18.5. The van der Waals surface area contributed by atoms with Crippen molar-refractivity contribution in [1.29, 1.82) is 0 Å². The Hall–Kier alpha value is -2.18. The number of aromatic nitrogens is 2. The number of carbonyl (C=O) groups is 3. The number of likely N-dealkylation sites (tertiary alicyclic amines) is 1. The van der Waals surface area contributed by atoms with Gasteiger partial charge in [0.25, 0.3) is 0 Å². The van der Waals surface area contributed by atoms with Crippen LogP contribution in [0.4, 0.5) is 0 Å². The monoisotopic (exact) mass is 370 g/mol. The first kappa shape index (κ1) is 17.0. The van der Waals surface area contributed by atoms with Gasteiger partial charge in [0.05, 0.1) is 5.69 Å². The van der Waals surface area contributed by atoms with Crippen LogP contribution in [0.5, 0.6) is 0 Å². The number of amides is 3. The highest BCUT2D eigenvalue weighted by molar-refractivity contribution is 6.02. The number of fused-ring (bicyclic) bond motifs is 2. The minimum Gasteiger partial charge on any atom is -0.330 e. The Labute approximate surface area is 158 Å². The van der Waals surface area contributed by atoms with Crippen LogP contribution in [0.25, 0.3) is 0 Å². The van der Waals surface area contributed by atoms with Crippen molar-refractivity contribution in [2.75, 3.05) is 6.54 Å². The Balaban J connectivity index is 1.32. The Bertz CT molecular complexity index is 801. The average molecular weight is 370 g/mol. The molecule has 4 unspecified atom stereocenters. The van der Waals surface area contributed by atoms with Gasteiger partial charge < -0.3 is 4.90 Å². The Morgan fingerprint density at radius 1 is 1.00 bits per heavy atom. The van der Waals surface area contributed by atoms with Gasteiger partial charge in [0.15, 0.2) is 0 Å². The summed E-state index contributed by atoms with van der Waals surface area (Å²) < 4.78 is 0. The van der Waals surface area contributed by atoms with Gasteiger partial charge in [0, 0.05) is 30.5 Å². The molecule has 3 amide bonds. The number of aryl methyl sites for hydroxylation is 1. The lowest BCUT2D eigenvalue weighted by Gasteiger charge is -2.30. The third kappa shape index (κ3) is 2.78. The van der Waals surface area contributed by atoms with Crippen molar-refractivity contribution in [3.8, 4) is 0 Å². The van der Waals surface area contributed by atoms with Gasteiger partial charge in [0.1, 0.15) is 6.04 Å². The van der Waals surface area contributed by atoms with Crippen LogP contribution in [0, 0.1) is 11.8 Å². The van der Waals surface area contributed by atoms with Gasteiger partial charge in [-0.05, 0) is 62.8 Å². The minimum absolute atomic E-state index is 0.0291. The molecule has 4 atom stereocenters. The average Bonchev–Trinajstić information content (AvgIpc) is 3.23. The maximum absolute atomic E-state index is 12.9. The van der Waals surface area contributed by atoms with Gasteiger partial charge in [-0.25, -0.2) is 0 Å². The van der Waals surface area contributed by atoms with E-state index >= 15 is 0 Å². The summed E-state index contributed by atoms with van der Waals surface area (Å²) in [6.07, 6.45) is 8.30. The molecule has 7 heteroatoms. The molecule has 5 rings (SSSR count). The molecular formula is C20H26N4O3. The van der Waals surface area contributed by atoms with E-state index in [0.29, 0.717) is 25.3 Å². The molecule has 3 heterocycles. The second kappa shape index (κ2) is 6.46. The maximum Gasteiger partial charge on any atom is 0.249 e. The van der Waals surface area contributed by atoms with Crippen molar-refractivity contribution in [3.05, 3.63) is 17.0 Å². The van der Waals surface area contributed by atoms with E-state index in [0.717, 1.165) is 32.1 Å². The van der Waals surface area contributed by atoms with Gasteiger partial charge in [-0.2, -0.15) is 5.10 Å². The van der Waals surface area contributed by atoms with Gasteiger partial charge in [-0.1, -0.05) is 0 Å². The van der Waals surface area contributed by atoms with E-state index in [1.807, 2.05) is 0 Å². The molecule has 2 aliphatic heterocycles. The molecule has 3 fully saturated rings. The van der Waals surface area contributed by atoms with Crippen LogP contribution >= 0.6 is 0 Å². The molecule has 0 radical (unpaired) electrons. The van der Waals surface area contributed by atoms with Crippen LogP contribution in [-0.2, 0) is 27.2 Å². The normalized spacial score (nSPS) is 33.6. The highest BCUT2D eigenvalue weighted by atomic mass is 16.2. The van der Waals surface area contributed by atoms with Crippen LogP contribution in [0.2, 0.25) is 0 Å². The van der Waals surface area contributed by atoms with Crippen LogP contribution in [0.15, 0.2) is 0 Å². The SMILES string of the molecule is O=C1CCC(N2CC3CC(c4n[nH]c5c4CCCC5)CCC3C2=O)C(=O)N1. The smallest absolute Gasteiger partial charge is 0.249 e. The fourth-order valence-corrected chi connectivity index (χ4v) is 5.70. The molecule has 1 aromatic rings. The summed E-state index contributed by atoms with van der Waals surface area (Å²) in [5.41, 5.74) is 3.97. The van der Waals surface area contributed by atoms with Crippen LogP contribution < -0.4 is 5.32 Å². The molecule has 0 spiro atoms. The molecule has 0 aromatic carbocycles. The van der Waals surface area contributed by atoms with Crippen LogP contribution in [0.1, 0.15) is 67.8 Å². The molecule has 2 saturated heterocycles. The van der Waals surface area contributed by atoms with Crippen molar-refractivity contribution in [3.63, 3.8) is 0 Å². The molecule has 2 N–H and O–H groups in total. The number of rotatable bonds is 2. The lowest BCUT2D eigenvalue weighted by molar-refractivity contribution is -0.144. The number of nitrogens with zero attached hydrogens (tertiary/aromatic N) is 2. The van der Waals surface area contributed by atoms with Crippen LogP contribution in [-0.4, -0.2) is 45.4 Å². The van der Waals surface area contributed by atoms with E-state index in [4.69, 9.17) is 0 Å². The third-order valence-electron chi connectivity index (χ3n) is 7.08. The Morgan fingerprint density at radius 3 is 2.70 bits per heavy atom. The molecular weight excluding hydrogens is 344 g/mol. The summed E-state index contributed by atoms with van der Waals surface area (Å²) >= 11 is 0. The molecule has 1 saturated carbocycles. The lowest BCUT2D eigenvalue weighted by Crippen LogP contribution is -2.53. The number of imide groups is 1. The number of aromatic amines is 1. The first-order valence-corrected chi connectivity index (χ1v) is 10.3. The van der Waals surface area contributed by atoms with Gasteiger partial charge in [0.2, 0.25) is 17.7 Å². The summed E-state index contributed by atoms with van der Waals surface area (Å²) in [5, 5.41) is 10.3. The predicted molar refractivity (Wildman–Crippen MR) is 96.7 cm³/mol. The molecule has 2 aliphatic carbocycles. The third-order valence-corrected chi connectivity index (χ3v) is 7.08. The van der Waals surface area contributed by atoms with E-state index in [1.165, 1.54) is 29.8 Å². The fraction of sp³-hybridized carbons (Fsp3) is 0.700. The number of carbonyl (C=O) groups excluding carboxylic acids is 3. The summed E-state index contributed by atoms with van der Waals surface area (Å²) in [5.74, 6) is 0.301. The summed E-state index contributed by atoms with van der Waals surface area (Å²) in [4.78, 5) is 38.3. The zero-order valence-corrected chi connectivity index (χ0v) is 15.5. The van der Waals surface area contributed by atoms with E-state index in [-0.39, 0.29) is 29.6 Å². The van der Waals surface area contributed by atoms with E-state index in [2.05, 4.69) is 15.5 Å². The molecule has 4 aliphatic rings. The fourth-order valence-electron chi connectivity index (χ4n) is 5.70. The molecule has 7 nitrogen and oxygen atoms in total. The van der Waals surface area contributed by atoms with Crippen molar-refractivity contribution in [1.82, 2.24) is 20.4 Å². The van der Waals surface area contributed by atoms with Crippen LogP contribution in [0.3, 0.4) is 0 Å². The number of H-pyrrole nitrogens is 1. The first-order valence-electron chi connectivity index (χ1n) is 10.3. The van der Waals surface area contributed by atoms with Crippen molar-refractivity contribution in [2.45, 2.75) is 69.7 Å². The Morgan fingerprint density at radius 2 is 1.85 bits per heavy atom. The van der Waals surface area contributed by atoms with E-state index < -0.39 is 6.04 Å². The van der Waals surface area contributed by atoms with Gasteiger partial charge >= 0.3 is 0 Å². The second-order valence-corrected chi connectivity index (χ2v) is 8.61. The molecule has 1 aromatic heterocycles. The minimum atomic E-state index is -0.475. The van der Waals surface area contributed by atoms with E-state index in [9.17, 15) is 14.4 Å². The van der Waals surface area contributed by atoms with Crippen molar-refractivity contribution in [2.24, 2.45) is 11.8 Å². The maximum atomic E-state index is 12.9. The molecule has 144 valence electrons. The summed E-state index contributed by atoms with van der Waals surface area (Å²) in [6, 6.07) is -0.475. The topological polar surface area (TPSA) is 95.2 Å². The van der Waals surface area contributed by atoms with Crippen molar-refractivity contribution >= 4 is 17.7 Å². The van der Waals surface area contributed by atoms with Gasteiger partial charge in [-0.15, -0.1) is 0 Å². The molecule has 27 heavy (non-hydrogen) atoms. The zero-order valence-electron chi connectivity index (χ0n) is 15.5. The lowest BCUT2D eigenvalue weighted by atomic mass is 9.73. The quantitative estimate of drug-likeness (QED) is 0.770. The number of hydrogen-bond donors (Lipinski definition) is 2. The summed E-state index contributed by atoms with van der Waals surface area (Å²) in [6.45, 7) is 0.638. The standard InChI is InChI=1S/C20H26N4O3/c25-17-8-7-16(19(26)21-17)24-10-12-9-11(5-6-13(12)20(24)27)18-14-3-1-2-4-15(14)22-23-18/h11-13,16H,1-10H2,(H,22,23)(H,21,25,26). The predicted octanol–water partition coefficient (Wildman–Crippen LogP) is 1.44. The van der Waals surface area contributed by atoms with Gasteiger partial charge in [-0.3, -0.25) is 24.8 Å². The largest absolute Gasteiger partial charge is 0.330 e. The second-order valence-electron chi connectivity index (χ2n) is 8.61. The number of nitrogens with one attached hydrogen (secondary N) is 2. The Kier molecular flexibility index (Phi) is 4.06. The van der Waals surface area contributed by atoms with E-state index in [1.54, 1.807) is 4.90 Å².